The van der Waals surface area contributed by atoms with Crippen LogP contribution in [-0.2, 0) is 6.42 Å². The molecule has 126 valence electrons. The zero-order chi connectivity index (χ0) is 17.4. The average Bonchev–Trinajstić information content (AvgIpc) is 3.08. The lowest BCUT2D eigenvalue weighted by Gasteiger charge is -2.11. The minimum atomic E-state index is -0.392. The second-order valence-electron chi connectivity index (χ2n) is 5.69. The third-order valence-corrected chi connectivity index (χ3v) is 4.14. The molecule has 0 aliphatic carbocycles. The fourth-order valence-electron chi connectivity index (χ4n) is 2.92. The Balaban J connectivity index is 1.78. The van der Waals surface area contributed by atoms with Gasteiger partial charge in [0.15, 0.2) is 5.82 Å². The average molecular weight is 338 g/mol. The molecule has 7 heteroatoms. The van der Waals surface area contributed by atoms with Crippen LogP contribution in [0.15, 0.2) is 36.5 Å². The van der Waals surface area contributed by atoms with E-state index in [-0.39, 0.29) is 5.91 Å². The second kappa shape index (κ2) is 6.01. The van der Waals surface area contributed by atoms with Gasteiger partial charge >= 0.3 is 0 Å². The minimum absolute atomic E-state index is 0.0928. The van der Waals surface area contributed by atoms with Crippen LogP contribution in [0, 0.1) is 5.82 Å². The van der Waals surface area contributed by atoms with E-state index in [0.717, 1.165) is 17.8 Å². The monoisotopic (exact) mass is 338 g/mol. The number of H-pyrrole nitrogens is 1. The highest BCUT2D eigenvalue weighted by molar-refractivity contribution is 5.97. The Bertz CT molecular complexity index is 967. The van der Waals surface area contributed by atoms with E-state index in [1.807, 2.05) is 0 Å². The zero-order valence-corrected chi connectivity index (χ0v) is 13.5. The molecule has 0 saturated carbocycles. The van der Waals surface area contributed by atoms with Gasteiger partial charge in [0.2, 0.25) is 0 Å². The topological polar surface area (TPSA) is 79.9 Å². The number of benzene rings is 1. The molecule has 2 N–H and O–H groups in total. The molecule has 0 radical (unpaired) electrons. The lowest BCUT2D eigenvalue weighted by atomic mass is 10.1. The highest BCUT2D eigenvalue weighted by Gasteiger charge is 2.20. The number of rotatable bonds is 3. The summed E-state index contributed by atoms with van der Waals surface area (Å²) in [5, 5.41) is 2.81. The molecule has 1 aliphatic rings. The number of halogens is 1. The van der Waals surface area contributed by atoms with Crippen LogP contribution in [0.1, 0.15) is 16.1 Å². The van der Waals surface area contributed by atoms with Gasteiger partial charge in [-0.2, -0.15) is 0 Å². The largest absolute Gasteiger partial charge is 0.496 e. The molecule has 0 atom stereocenters. The van der Waals surface area contributed by atoms with Crippen molar-refractivity contribution in [1.82, 2.24) is 20.3 Å². The maximum Gasteiger partial charge on any atom is 0.253 e. The Morgan fingerprint density at radius 2 is 2.08 bits per heavy atom. The normalized spacial score (nSPS) is 13.3. The summed E-state index contributed by atoms with van der Waals surface area (Å²) < 4.78 is 18.9. The Morgan fingerprint density at radius 1 is 1.20 bits per heavy atom. The van der Waals surface area contributed by atoms with Crippen molar-refractivity contribution in [2.45, 2.75) is 6.42 Å². The summed E-state index contributed by atoms with van der Waals surface area (Å²) >= 11 is 0. The smallest absolute Gasteiger partial charge is 0.253 e. The van der Waals surface area contributed by atoms with Gasteiger partial charge in [-0.25, -0.2) is 14.4 Å². The maximum atomic E-state index is 13.6. The quantitative estimate of drug-likeness (QED) is 0.769. The number of hydrogen-bond acceptors (Lipinski definition) is 4. The van der Waals surface area contributed by atoms with Gasteiger partial charge in [0.1, 0.15) is 11.6 Å². The van der Waals surface area contributed by atoms with Gasteiger partial charge in [0, 0.05) is 24.9 Å². The standard InChI is InChI=1S/C18H15FN4O2/c1-25-16-3-2-10(19)8-12(16)17-20-6-5-14(23-17)15-9-11-13(22-15)4-7-21-18(11)24/h2-3,5-6,8-9,22H,4,7H2,1H3,(H,21,24). The molecule has 25 heavy (non-hydrogen) atoms. The number of methoxy groups -OCH3 is 1. The van der Waals surface area contributed by atoms with Crippen LogP contribution in [0.3, 0.4) is 0 Å². The lowest BCUT2D eigenvalue weighted by Crippen LogP contribution is -2.31. The molecule has 0 spiro atoms. The number of ether oxygens (including phenoxy) is 1. The Kier molecular flexibility index (Phi) is 3.68. The van der Waals surface area contributed by atoms with Gasteiger partial charge in [-0.3, -0.25) is 4.79 Å². The van der Waals surface area contributed by atoms with Crippen molar-refractivity contribution in [2.75, 3.05) is 13.7 Å². The molecule has 0 unspecified atom stereocenters. The van der Waals surface area contributed by atoms with E-state index < -0.39 is 5.82 Å². The summed E-state index contributed by atoms with van der Waals surface area (Å²) in [5.41, 5.74) is 3.34. The third-order valence-electron chi connectivity index (χ3n) is 4.14. The number of carbonyl (C=O) groups excluding carboxylic acids is 1. The number of nitrogens with zero attached hydrogens (tertiary/aromatic N) is 2. The van der Waals surface area contributed by atoms with Crippen molar-refractivity contribution < 1.29 is 13.9 Å². The number of aromatic amines is 1. The van der Waals surface area contributed by atoms with Crippen LogP contribution in [0.5, 0.6) is 5.75 Å². The van der Waals surface area contributed by atoms with Crippen LogP contribution in [-0.4, -0.2) is 34.5 Å². The summed E-state index contributed by atoms with van der Waals surface area (Å²) in [6.07, 6.45) is 2.35. The first-order valence-electron chi connectivity index (χ1n) is 7.83. The molecule has 0 saturated heterocycles. The van der Waals surface area contributed by atoms with E-state index in [1.54, 1.807) is 24.4 Å². The lowest BCUT2D eigenvalue weighted by molar-refractivity contribution is 0.0946. The molecule has 0 bridgehead atoms. The number of hydrogen-bond donors (Lipinski definition) is 2. The van der Waals surface area contributed by atoms with Gasteiger partial charge in [-0.05, 0) is 30.3 Å². The van der Waals surface area contributed by atoms with E-state index in [4.69, 9.17) is 4.74 Å². The maximum absolute atomic E-state index is 13.6. The van der Waals surface area contributed by atoms with Crippen molar-refractivity contribution in [3.63, 3.8) is 0 Å². The molecule has 2 aromatic heterocycles. The molecular weight excluding hydrogens is 323 g/mol. The molecule has 1 aliphatic heterocycles. The van der Waals surface area contributed by atoms with E-state index in [2.05, 4.69) is 20.3 Å². The van der Waals surface area contributed by atoms with Crippen molar-refractivity contribution in [2.24, 2.45) is 0 Å². The summed E-state index contributed by atoms with van der Waals surface area (Å²) in [4.78, 5) is 23.9. The molecule has 1 amide bonds. The highest BCUT2D eigenvalue weighted by Crippen LogP contribution is 2.30. The van der Waals surface area contributed by atoms with Crippen LogP contribution in [0.4, 0.5) is 4.39 Å². The van der Waals surface area contributed by atoms with E-state index >= 15 is 0 Å². The van der Waals surface area contributed by atoms with Crippen molar-refractivity contribution in [3.05, 3.63) is 53.6 Å². The SMILES string of the molecule is COc1ccc(F)cc1-c1nccc(-c2cc3c([nH]2)CCNC3=O)n1. The summed E-state index contributed by atoms with van der Waals surface area (Å²) in [6, 6.07) is 7.72. The van der Waals surface area contributed by atoms with Gasteiger partial charge < -0.3 is 15.0 Å². The van der Waals surface area contributed by atoms with Gasteiger partial charge in [-0.1, -0.05) is 0 Å². The van der Waals surface area contributed by atoms with Crippen molar-refractivity contribution in [1.29, 1.82) is 0 Å². The summed E-state index contributed by atoms with van der Waals surface area (Å²) in [5.74, 6) is 0.358. The van der Waals surface area contributed by atoms with Gasteiger partial charge in [0.25, 0.3) is 5.91 Å². The molecule has 1 aromatic carbocycles. The first-order valence-corrected chi connectivity index (χ1v) is 7.83. The summed E-state index contributed by atoms with van der Waals surface area (Å²) in [7, 11) is 1.51. The fraction of sp³-hybridized carbons (Fsp3) is 0.167. The number of amides is 1. The van der Waals surface area contributed by atoms with Gasteiger partial charge in [0.05, 0.1) is 29.6 Å². The van der Waals surface area contributed by atoms with Crippen molar-refractivity contribution >= 4 is 5.91 Å². The Labute approximate surface area is 143 Å². The third kappa shape index (κ3) is 2.73. The van der Waals surface area contributed by atoms with Crippen LogP contribution < -0.4 is 10.1 Å². The number of carbonyl (C=O) groups is 1. The zero-order valence-electron chi connectivity index (χ0n) is 13.5. The van der Waals surface area contributed by atoms with Gasteiger partial charge in [-0.15, -0.1) is 0 Å². The number of aromatic nitrogens is 3. The molecule has 3 aromatic rings. The molecule has 6 nitrogen and oxygen atoms in total. The summed E-state index contributed by atoms with van der Waals surface area (Å²) in [6.45, 7) is 0.612. The number of nitrogens with one attached hydrogen (secondary N) is 2. The molecule has 3 heterocycles. The minimum Gasteiger partial charge on any atom is -0.496 e. The Hall–Kier alpha value is -3.22. The predicted molar refractivity (Wildman–Crippen MR) is 89.8 cm³/mol. The Morgan fingerprint density at radius 3 is 2.88 bits per heavy atom. The van der Waals surface area contributed by atoms with Crippen LogP contribution in [0.2, 0.25) is 0 Å². The fourth-order valence-corrected chi connectivity index (χ4v) is 2.92. The molecule has 0 fully saturated rings. The van der Waals surface area contributed by atoms with E-state index in [9.17, 15) is 9.18 Å². The van der Waals surface area contributed by atoms with E-state index in [0.29, 0.717) is 34.9 Å². The predicted octanol–water partition coefficient (Wildman–Crippen LogP) is 2.57. The van der Waals surface area contributed by atoms with E-state index in [1.165, 1.54) is 19.2 Å². The second-order valence-corrected chi connectivity index (χ2v) is 5.69. The number of fused-ring (bicyclic) bond motifs is 1. The first-order chi connectivity index (χ1) is 12.2. The van der Waals surface area contributed by atoms with Crippen LogP contribution in [0.25, 0.3) is 22.8 Å². The van der Waals surface area contributed by atoms with Crippen LogP contribution >= 0.6 is 0 Å². The highest BCUT2D eigenvalue weighted by atomic mass is 19.1. The first kappa shape index (κ1) is 15.3. The van der Waals surface area contributed by atoms with Crippen molar-refractivity contribution in [3.8, 4) is 28.5 Å². The molecular formula is C18H15FN4O2. The molecule has 4 rings (SSSR count).